The standard InChI is InChI=1S/C43H38BrClN12O10S3/c1-20-14-28(57-27(47-20)16-55(54-57)41(63)52-64)68-17-21-18-69-37-31(36(59)56(37)32(21)38(60)61)49-35(58)30(26-19-70-40(46)48-26)53-67-42(2,3)39(62)51-50-25-15-24(44)33-34(29(25)45)66-43(65-33,22-10-6-4-7-11-22)23-12-8-5-9-13-23/h4-16,19,31,37,50,54,64H,17-18H2,1-3H3,(H2,46,48)(H,49,58)(H,51,62)(H,52,63)(H,60,61)/t31-,37-/m1/s1. The number of carbonyl (C=O) groups excluding carboxylic acids is 4. The van der Waals surface area contributed by atoms with Crippen molar-refractivity contribution in [2.24, 2.45) is 10.1 Å². The number of β-lactam (4-membered cyclic amide) rings is 1. The minimum atomic E-state index is -1.76. The van der Waals surface area contributed by atoms with E-state index in [1.165, 1.54) is 59.4 Å². The molecular formula is C43H38BrClN12O10S3. The number of nitrogen functional groups attached to an aromatic ring is 1. The molecule has 0 unspecified atom stereocenters. The predicted molar refractivity (Wildman–Crippen MR) is 263 cm³/mol. The molecule has 0 saturated carbocycles. The van der Waals surface area contributed by atoms with Gasteiger partial charge in [0.1, 0.15) is 27.8 Å². The molecule has 22 nitrogen and oxygen atoms in total. The van der Waals surface area contributed by atoms with Crippen LogP contribution in [0.1, 0.15) is 37.6 Å². The van der Waals surface area contributed by atoms with E-state index in [0.29, 0.717) is 43.5 Å². The zero-order chi connectivity index (χ0) is 49.6. The molecule has 362 valence electrons. The predicted octanol–water partition coefficient (Wildman–Crippen LogP) is 5.18. The van der Waals surface area contributed by atoms with Gasteiger partial charge in [-0.3, -0.25) is 35.3 Å². The number of anilines is 2. The van der Waals surface area contributed by atoms with Gasteiger partial charge in [0.2, 0.25) is 5.60 Å². The van der Waals surface area contributed by atoms with Gasteiger partial charge in [-0.05, 0) is 54.4 Å². The molecule has 1 aromatic heterocycles. The van der Waals surface area contributed by atoms with Crippen LogP contribution in [0.25, 0.3) is 0 Å². The fraction of sp³-hybridized carbons (Fsp3) is 0.209. The summed E-state index contributed by atoms with van der Waals surface area (Å²) in [5, 5.41) is 30.0. The number of hydrazine groups is 3. The van der Waals surface area contributed by atoms with E-state index >= 15 is 0 Å². The van der Waals surface area contributed by atoms with E-state index in [-0.39, 0.29) is 44.5 Å². The minimum Gasteiger partial charge on any atom is -0.477 e. The van der Waals surface area contributed by atoms with Gasteiger partial charge in [-0.25, -0.2) is 35.1 Å². The van der Waals surface area contributed by atoms with Gasteiger partial charge in [-0.15, -0.1) is 40.4 Å². The highest BCUT2D eigenvalue weighted by molar-refractivity contribution is 9.10. The molecule has 0 radical (unpaired) electrons. The molecule has 5 amide bonds. The zero-order valence-corrected chi connectivity index (χ0v) is 41.3. The molecule has 0 aliphatic carbocycles. The zero-order valence-electron chi connectivity index (χ0n) is 36.6. The number of aliphatic carboxylic acids is 1. The number of amides is 5. The molecule has 1 saturated heterocycles. The van der Waals surface area contributed by atoms with Crippen molar-refractivity contribution < 1.29 is 48.6 Å². The summed E-state index contributed by atoms with van der Waals surface area (Å²) in [5.41, 5.74) is 15.8. The van der Waals surface area contributed by atoms with E-state index in [0.717, 1.165) is 21.2 Å². The number of fused-ring (bicyclic) bond motifs is 3. The van der Waals surface area contributed by atoms with Gasteiger partial charge < -0.3 is 30.5 Å². The first-order chi connectivity index (χ1) is 33.5. The number of nitrogens with zero attached hydrogens (tertiary/aromatic N) is 6. The first kappa shape index (κ1) is 48.2. The van der Waals surface area contributed by atoms with Crippen LogP contribution in [0.4, 0.5) is 15.6 Å². The summed E-state index contributed by atoms with van der Waals surface area (Å²) >= 11 is 14.0. The second-order valence-corrected chi connectivity index (χ2v) is 20.2. The number of hydrogen-bond acceptors (Lipinski definition) is 19. The van der Waals surface area contributed by atoms with Crippen molar-refractivity contribution in [3.63, 3.8) is 0 Å². The van der Waals surface area contributed by atoms with Crippen molar-refractivity contribution in [1.82, 2.24) is 41.7 Å². The van der Waals surface area contributed by atoms with Crippen molar-refractivity contribution in [3.05, 3.63) is 133 Å². The van der Waals surface area contributed by atoms with E-state index in [9.17, 15) is 29.1 Å². The number of aromatic nitrogens is 1. The maximum atomic E-state index is 14.0. The number of hydroxylamine groups is 1. The van der Waals surface area contributed by atoms with Crippen molar-refractivity contribution in [2.75, 3.05) is 22.7 Å². The first-order valence-electron chi connectivity index (χ1n) is 20.7. The second-order valence-electron chi connectivity index (χ2n) is 16.0. The topological polar surface area (TPSA) is 287 Å². The van der Waals surface area contributed by atoms with Crippen molar-refractivity contribution >= 4 is 114 Å². The second kappa shape index (κ2) is 19.2. The van der Waals surface area contributed by atoms with E-state index < -0.39 is 58.2 Å². The van der Waals surface area contributed by atoms with Gasteiger partial charge in [0, 0.05) is 33.7 Å². The molecule has 1 fully saturated rings. The van der Waals surface area contributed by atoms with Crippen LogP contribution in [-0.2, 0) is 29.8 Å². The monoisotopic (exact) mass is 1090 g/mol. The summed E-state index contributed by atoms with van der Waals surface area (Å²) < 4.78 is 13.6. The molecule has 3 aromatic carbocycles. The summed E-state index contributed by atoms with van der Waals surface area (Å²) in [5.74, 6) is -3.88. The van der Waals surface area contributed by atoms with E-state index in [1.54, 1.807) is 19.1 Å². The SMILES string of the molecule is CC1=NC2=CN(C(=O)NO)NN2C(SCC2=C(C(=O)O)N3C(=O)[C@@H](NC(=O)C(=NOC(C)(C)C(=O)NNc4cc(Br)c5c(c4Cl)OC(c4ccccc4)(c4ccccc4)O5)c4csc(N)n4)[C@H]3SC2)=C1. The maximum Gasteiger partial charge on any atom is 0.361 e. The summed E-state index contributed by atoms with van der Waals surface area (Å²) in [6, 6.07) is 18.3. The Balaban J connectivity index is 0.868. The Morgan fingerprint density at radius 2 is 1.80 bits per heavy atom. The van der Waals surface area contributed by atoms with Crippen LogP contribution < -0.4 is 42.4 Å². The highest BCUT2D eigenvalue weighted by atomic mass is 79.9. The number of carbonyl (C=O) groups is 5. The molecule has 5 aliphatic rings. The number of thioether (sulfide) groups is 2. The number of nitrogens with two attached hydrogens (primary N) is 1. The van der Waals surface area contributed by atoms with E-state index in [1.807, 2.05) is 60.7 Å². The molecule has 0 spiro atoms. The number of halogens is 2. The third-order valence-electron chi connectivity index (χ3n) is 10.9. The number of benzene rings is 3. The average Bonchev–Trinajstić information content (AvgIpc) is 4.11. The number of carboxylic acid groups (broad SMARTS) is 1. The minimum absolute atomic E-state index is 0.0123. The number of ether oxygens (including phenoxy) is 2. The number of oxime groups is 1. The largest absolute Gasteiger partial charge is 0.477 e. The number of nitrogens with one attached hydrogen (secondary N) is 5. The third-order valence-corrected chi connectivity index (χ3v) is 15.0. The number of urea groups is 1. The lowest BCUT2D eigenvalue weighted by atomic mass is 9.97. The van der Waals surface area contributed by atoms with E-state index in [2.05, 4.69) is 52.8 Å². The Bertz CT molecular complexity index is 2970. The third kappa shape index (κ3) is 8.97. The number of aliphatic imine (C=N–C) groups is 1. The van der Waals surface area contributed by atoms with Crippen LogP contribution in [-0.4, -0.2) is 99.9 Å². The molecule has 9 rings (SSSR count). The Kier molecular flexibility index (Phi) is 13.2. The fourth-order valence-electron chi connectivity index (χ4n) is 7.45. The summed E-state index contributed by atoms with van der Waals surface area (Å²) in [6.07, 6.45) is 3.08. The lowest BCUT2D eigenvalue weighted by molar-refractivity contribution is -0.150. The molecule has 9 N–H and O–H groups in total. The van der Waals surface area contributed by atoms with Crippen molar-refractivity contribution in [1.29, 1.82) is 0 Å². The first-order valence-corrected chi connectivity index (χ1v) is 24.8. The van der Waals surface area contributed by atoms with Crippen LogP contribution in [0.5, 0.6) is 11.5 Å². The maximum absolute atomic E-state index is 14.0. The number of hydrogen-bond donors (Lipinski definition) is 8. The summed E-state index contributed by atoms with van der Waals surface area (Å²) in [6.45, 7) is 4.53. The van der Waals surface area contributed by atoms with Gasteiger partial charge >= 0.3 is 17.8 Å². The number of thiazole rings is 1. The average molecular weight is 1090 g/mol. The summed E-state index contributed by atoms with van der Waals surface area (Å²) in [7, 11) is 0. The number of rotatable bonds is 14. The molecule has 70 heavy (non-hydrogen) atoms. The van der Waals surface area contributed by atoms with Crippen LogP contribution in [0.15, 0.2) is 121 Å². The van der Waals surface area contributed by atoms with Gasteiger partial charge in [-0.2, -0.15) is 0 Å². The normalized spacial score (nSPS) is 19.0. The van der Waals surface area contributed by atoms with Crippen molar-refractivity contribution in [3.8, 4) is 11.5 Å². The number of carboxylic acids is 1. The van der Waals surface area contributed by atoms with Crippen LogP contribution in [0.3, 0.4) is 0 Å². The highest BCUT2D eigenvalue weighted by Gasteiger charge is 2.55. The van der Waals surface area contributed by atoms with Gasteiger partial charge in [-0.1, -0.05) is 77.4 Å². The molecule has 6 heterocycles. The van der Waals surface area contributed by atoms with Crippen LogP contribution in [0.2, 0.25) is 5.02 Å². The highest BCUT2D eigenvalue weighted by Crippen LogP contribution is 2.56. The van der Waals surface area contributed by atoms with Gasteiger partial charge in [0.25, 0.3) is 17.7 Å². The lowest BCUT2D eigenvalue weighted by Crippen LogP contribution is -2.71. The molecule has 5 aliphatic heterocycles. The van der Waals surface area contributed by atoms with E-state index in [4.69, 9.17) is 36.9 Å². The van der Waals surface area contributed by atoms with Crippen LogP contribution in [0, 0.1) is 0 Å². The Hall–Kier alpha value is -6.81. The molecule has 0 bridgehead atoms. The van der Waals surface area contributed by atoms with Gasteiger partial charge in [0.15, 0.2) is 28.2 Å². The Labute approximate surface area is 423 Å². The van der Waals surface area contributed by atoms with Crippen molar-refractivity contribution in [2.45, 2.75) is 43.6 Å². The Morgan fingerprint density at radius 1 is 1.11 bits per heavy atom. The smallest absolute Gasteiger partial charge is 0.361 e. The lowest BCUT2D eigenvalue weighted by Gasteiger charge is -2.49. The molecule has 27 heteroatoms. The van der Waals surface area contributed by atoms with Crippen LogP contribution >= 0.6 is 62.4 Å². The van der Waals surface area contributed by atoms with Gasteiger partial charge in [0.05, 0.1) is 21.4 Å². The Morgan fingerprint density at radius 3 is 2.44 bits per heavy atom. The molecular weight excluding hydrogens is 1060 g/mol. The molecule has 2 atom stereocenters. The fourth-order valence-corrected chi connectivity index (χ4v) is 11.3. The summed E-state index contributed by atoms with van der Waals surface area (Å²) in [4.78, 5) is 81.5. The number of allylic oxidation sites excluding steroid dienone is 1. The quantitative estimate of drug-likeness (QED) is 0.0349. The molecule has 4 aromatic rings.